The Hall–Kier alpha value is -3.20. The van der Waals surface area contributed by atoms with Crippen molar-refractivity contribution in [1.82, 2.24) is 9.78 Å². The minimum absolute atomic E-state index is 0.242. The second-order valence-electron chi connectivity index (χ2n) is 6.04. The van der Waals surface area contributed by atoms with Crippen LogP contribution in [0.3, 0.4) is 0 Å². The second kappa shape index (κ2) is 6.36. The van der Waals surface area contributed by atoms with Crippen molar-refractivity contribution in [3.05, 3.63) is 96.3 Å². The molecule has 0 amide bonds. The summed E-state index contributed by atoms with van der Waals surface area (Å²) in [6, 6.07) is 26.8. The lowest BCUT2D eigenvalue weighted by molar-refractivity contribution is 0.628. The lowest BCUT2D eigenvalue weighted by Gasteiger charge is -2.08. The van der Waals surface area contributed by atoms with E-state index in [1.807, 2.05) is 53.2 Å². The molecule has 1 aromatic heterocycles. The van der Waals surface area contributed by atoms with Crippen LogP contribution in [0.2, 0.25) is 0 Å². The number of aromatic nitrogens is 2. The first-order valence-corrected chi connectivity index (χ1v) is 8.19. The maximum absolute atomic E-state index is 13.3. The zero-order valence-electron chi connectivity index (χ0n) is 13.9. The third kappa shape index (κ3) is 3.09. The summed E-state index contributed by atoms with van der Waals surface area (Å²) >= 11 is 0. The van der Waals surface area contributed by atoms with Gasteiger partial charge in [-0.1, -0.05) is 48.0 Å². The third-order valence-electron chi connectivity index (χ3n) is 4.20. The maximum Gasteiger partial charge on any atom is 0.123 e. The van der Waals surface area contributed by atoms with Crippen molar-refractivity contribution in [3.63, 3.8) is 0 Å². The van der Waals surface area contributed by atoms with Crippen LogP contribution in [0.1, 0.15) is 5.56 Å². The lowest BCUT2D eigenvalue weighted by atomic mass is 10.1. The highest BCUT2D eigenvalue weighted by molar-refractivity contribution is 5.70. The summed E-state index contributed by atoms with van der Waals surface area (Å²) in [4.78, 5) is 0. The van der Waals surface area contributed by atoms with E-state index in [0.717, 1.165) is 28.2 Å². The average molecular weight is 328 g/mol. The first kappa shape index (κ1) is 15.3. The summed E-state index contributed by atoms with van der Waals surface area (Å²) in [6.45, 7) is 2.06. The van der Waals surface area contributed by atoms with Crippen molar-refractivity contribution in [2.24, 2.45) is 0 Å². The van der Waals surface area contributed by atoms with Crippen molar-refractivity contribution in [2.75, 3.05) is 0 Å². The Balaban J connectivity index is 1.89. The molecule has 0 aliphatic carbocycles. The summed E-state index contributed by atoms with van der Waals surface area (Å²) in [5.74, 6) is -0.242. The minimum Gasteiger partial charge on any atom is -0.232 e. The molecule has 0 unspecified atom stereocenters. The summed E-state index contributed by atoms with van der Waals surface area (Å²) in [5.41, 5.74) is 5.98. The molecule has 25 heavy (non-hydrogen) atoms. The number of benzene rings is 3. The smallest absolute Gasteiger partial charge is 0.123 e. The van der Waals surface area contributed by atoms with Gasteiger partial charge in [-0.25, -0.2) is 9.07 Å². The molecule has 4 rings (SSSR count). The highest BCUT2D eigenvalue weighted by atomic mass is 19.1. The average Bonchev–Trinajstić information content (AvgIpc) is 3.09. The fraction of sp³-hybridized carbons (Fsp3) is 0.0455. The van der Waals surface area contributed by atoms with Gasteiger partial charge in [0.05, 0.1) is 17.1 Å². The van der Waals surface area contributed by atoms with E-state index in [1.54, 1.807) is 12.1 Å². The summed E-state index contributed by atoms with van der Waals surface area (Å²) in [5, 5.41) is 4.80. The number of halogens is 1. The van der Waals surface area contributed by atoms with Crippen molar-refractivity contribution in [1.29, 1.82) is 0 Å². The Morgan fingerprint density at radius 3 is 2.12 bits per heavy atom. The summed E-state index contributed by atoms with van der Waals surface area (Å²) in [6.07, 6.45) is 0. The summed E-state index contributed by atoms with van der Waals surface area (Å²) in [7, 11) is 0. The van der Waals surface area contributed by atoms with Crippen LogP contribution >= 0.6 is 0 Å². The monoisotopic (exact) mass is 328 g/mol. The molecule has 0 bridgehead atoms. The van der Waals surface area contributed by atoms with Crippen LogP contribution in [-0.2, 0) is 0 Å². The van der Waals surface area contributed by atoms with Gasteiger partial charge in [0.1, 0.15) is 5.82 Å². The van der Waals surface area contributed by atoms with E-state index in [1.165, 1.54) is 17.7 Å². The van der Waals surface area contributed by atoms with E-state index in [2.05, 4.69) is 19.1 Å². The first-order chi connectivity index (χ1) is 12.2. The SMILES string of the molecule is Cc1ccc(-n2nc(-c3ccccc3)cc2-c2ccc(F)cc2)cc1. The third-order valence-corrected chi connectivity index (χ3v) is 4.20. The van der Waals surface area contributed by atoms with Gasteiger partial charge in [-0.05, 0) is 49.4 Å². The van der Waals surface area contributed by atoms with Gasteiger partial charge in [0, 0.05) is 11.1 Å². The molecule has 0 atom stereocenters. The van der Waals surface area contributed by atoms with Gasteiger partial charge in [-0.3, -0.25) is 0 Å². The van der Waals surface area contributed by atoms with Crippen LogP contribution in [0.4, 0.5) is 4.39 Å². The molecule has 0 saturated heterocycles. The molecule has 3 aromatic carbocycles. The second-order valence-corrected chi connectivity index (χ2v) is 6.04. The van der Waals surface area contributed by atoms with Crippen molar-refractivity contribution >= 4 is 0 Å². The Morgan fingerprint density at radius 1 is 0.760 bits per heavy atom. The van der Waals surface area contributed by atoms with Crippen LogP contribution in [0.15, 0.2) is 84.9 Å². The molecule has 0 aliphatic rings. The molecule has 0 radical (unpaired) electrons. The number of rotatable bonds is 3. The molecule has 1 heterocycles. The first-order valence-electron chi connectivity index (χ1n) is 8.19. The van der Waals surface area contributed by atoms with Crippen LogP contribution in [-0.4, -0.2) is 9.78 Å². The van der Waals surface area contributed by atoms with E-state index in [0.29, 0.717) is 0 Å². The molecule has 122 valence electrons. The zero-order chi connectivity index (χ0) is 17.2. The van der Waals surface area contributed by atoms with Gasteiger partial charge in [0.15, 0.2) is 0 Å². The van der Waals surface area contributed by atoms with Crippen molar-refractivity contribution in [3.8, 4) is 28.2 Å². The largest absolute Gasteiger partial charge is 0.232 e. The number of hydrogen-bond donors (Lipinski definition) is 0. The number of aryl methyl sites for hydroxylation is 1. The fourth-order valence-corrected chi connectivity index (χ4v) is 2.84. The predicted octanol–water partition coefficient (Wildman–Crippen LogP) is 5.65. The van der Waals surface area contributed by atoms with Crippen LogP contribution in [0.5, 0.6) is 0 Å². The van der Waals surface area contributed by atoms with E-state index in [-0.39, 0.29) is 5.82 Å². The quantitative estimate of drug-likeness (QED) is 0.475. The van der Waals surface area contributed by atoms with Gasteiger partial charge < -0.3 is 0 Å². The Kier molecular flexibility index (Phi) is 3.90. The molecule has 0 spiro atoms. The van der Waals surface area contributed by atoms with Gasteiger partial charge in [0.2, 0.25) is 0 Å². The number of hydrogen-bond acceptors (Lipinski definition) is 1. The van der Waals surface area contributed by atoms with Crippen molar-refractivity contribution in [2.45, 2.75) is 6.92 Å². The summed E-state index contributed by atoms with van der Waals surface area (Å²) < 4.78 is 15.2. The molecule has 4 aromatic rings. The molecular formula is C22H17FN2. The van der Waals surface area contributed by atoms with Gasteiger partial charge >= 0.3 is 0 Å². The Labute approximate surface area is 146 Å². The Bertz CT molecular complexity index is 922. The van der Waals surface area contributed by atoms with E-state index >= 15 is 0 Å². The molecular weight excluding hydrogens is 311 g/mol. The van der Waals surface area contributed by atoms with Crippen LogP contribution in [0.25, 0.3) is 28.2 Å². The minimum atomic E-state index is -0.242. The molecule has 0 N–H and O–H groups in total. The zero-order valence-corrected chi connectivity index (χ0v) is 13.9. The van der Waals surface area contributed by atoms with Gasteiger partial charge in [-0.15, -0.1) is 0 Å². The van der Waals surface area contributed by atoms with Crippen molar-refractivity contribution < 1.29 is 4.39 Å². The lowest BCUT2D eigenvalue weighted by Crippen LogP contribution is -1.99. The van der Waals surface area contributed by atoms with Gasteiger partial charge in [-0.2, -0.15) is 5.10 Å². The van der Waals surface area contributed by atoms with E-state index in [9.17, 15) is 4.39 Å². The van der Waals surface area contributed by atoms with Crippen LogP contribution < -0.4 is 0 Å². The predicted molar refractivity (Wildman–Crippen MR) is 99.1 cm³/mol. The molecule has 0 aliphatic heterocycles. The van der Waals surface area contributed by atoms with Crippen LogP contribution in [0, 0.1) is 12.7 Å². The highest BCUT2D eigenvalue weighted by Gasteiger charge is 2.13. The standard InChI is InChI=1S/C22H17FN2/c1-16-7-13-20(14-8-16)25-22(18-9-11-19(23)12-10-18)15-21(24-25)17-5-3-2-4-6-17/h2-15H,1H3. The Morgan fingerprint density at radius 2 is 1.44 bits per heavy atom. The van der Waals surface area contributed by atoms with E-state index < -0.39 is 0 Å². The molecule has 2 nitrogen and oxygen atoms in total. The molecule has 0 fully saturated rings. The highest BCUT2D eigenvalue weighted by Crippen LogP contribution is 2.29. The fourth-order valence-electron chi connectivity index (χ4n) is 2.84. The molecule has 0 saturated carbocycles. The topological polar surface area (TPSA) is 17.8 Å². The normalized spacial score (nSPS) is 10.8. The van der Waals surface area contributed by atoms with E-state index in [4.69, 9.17) is 5.10 Å². The molecule has 3 heteroatoms. The van der Waals surface area contributed by atoms with Gasteiger partial charge in [0.25, 0.3) is 0 Å². The number of nitrogens with zero attached hydrogens (tertiary/aromatic N) is 2. The maximum atomic E-state index is 13.3.